The summed E-state index contributed by atoms with van der Waals surface area (Å²) in [7, 11) is 0. The fraction of sp³-hybridized carbons (Fsp3) is 0.533. The van der Waals surface area contributed by atoms with E-state index in [-0.39, 0.29) is 23.6 Å². The van der Waals surface area contributed by atoms with Crippen LogP contribution in [0.3, 0.4) is 0 Å². The van der Waals surface area contributed by atoms with Crippen LogP contribution in [-0.2, 0) is 4.74 Å². The lowest BCUT2D eigenvalue weighted by Crippen LogP contribution is -2.34. The van der Waals surface area contributed by atoms with Crippen molar-refractivity contribution < 1.29 is 24.1 Å². The number of nitrogens with one attached hydrogen (secondary N) is 1. The minimum Gasteiger partial charge on any atom is -0.444 e. The second-order valence-corrected chi connectivity index (χ2v) is 6.30. The van der Waals surface area contributed by atoms with Gasteiger partial charge in [0.05, 0.1) is 6.10 Å². The third-order valence-electron chi connectivity index (χ3n) is 2.75. The molecule has 1 amide bonds. The zero-order valence-corrected chi connectivity index (χ0v) is 13.5. The highest BCUT2D eigenvalue weighted by molar-refractivity contribution is 6.31. The molecule has 0 radical (unpaired) electrons. The minimum atomic E-state index is -1.27. The van der Waals surface area contributed by atoms with E-state index in [2.05, 4.69) is 5.32 Å². The summed E-state index contributed by atoms with van der Waals surface area (Å²) in [6, 6.07) is 3.52. The lowest BCUT2D eigenvalue weighted by molar-refractivity contribution is 0.0123. The number of carbonyl (C=O) groups is 1. The number of benzene rings is 1. The van der Waals surface area contributed by atoms with Gasteiger partial charge in [0.1, 0.15) is 17.5 Å². The SMILES string of the molecule is CC(C)(C)OC(=O)NCCC(O)C(O)c1ccc(F)cc1Cl. The molecule has 0 heterocycles. The van der Waals surface area contributed by atoms with E-state index in [1.807, 2.05) is 0 Å². The van der Waals surface area contributed by atoms with Crippen molar-refractivity contribution in [2.75, 3.05) is 6.54 Å². The average Bonchev–Trinajstić information content (AvgIpc) is 2.35. The van der Waals surface area contributed by atoms with E-state index < -0.39 is 29.7 Å². The molecule has 2 atom stereocenters. The van der Waals surface area contributed by atoms with Crippen molar-refractivity contribution in [2.24, 2.45) is 0 Å². The van der Waals surface area contributed by atoms with Gasteiger partial charge in [-0.05, 0) is 39.3 Å². The van der Waals surface area contributed by atoms with Gasteiger partial charge in [0.25, 0.3) is 0 Å². The molecular weight excluding hydrogens is 313 g/mol. The number of carbonyl (C=O) groups excluding carboxylic acids is 1. The first kappa shape index (κ1) is 18.7. The van der Waals surface area contributed by atoms with Crippen molar-refractivity contribution in [3.8, 4) is 0 Å². The molecule has 22 heavy (non-hydrogen) atoms. The third kappa shape index (κ3) is 6.17. The monoisotopic (exact) mass is 333 g/mol. The van der Waals surface area contributed by atoms with Crippen LogP contribution in [0.2, 0.25) is 5.02 Å². The Morgan fingerprint density at radius 1 is 1.41 bits per heavy atom. The smallest absolute Gasteiger partial charge is 0.407 e. The van der Waals surface area contributed by atoms with Crippen LogP contribution < -0.4 is 5.32 Å². The standard InChI is InChI=1S/C15H21ClFNO4/c1-15(2,3)22-14(21)18-7-6-12(19)13(20)10-5-4-9(17)8-11(10)16/h4-5,8,12-13,19-20H,6-7H2,1-3H3,(H,18,21). The molecular formula is C15H21ClFNO4. The summed E-state index contributed by atoms with van der Waals surface area (Å²) >= 11 is 5.82. The molecule has 5 nitrogen and oxygen atoms in total. The number of hydrogen-bond donors (Lipinski definition) is 3. The Morgan fingerprint density at radius 2 is 2.05 bits per heavy atom. The first-order valence-corrected chi connectivity index (χ1v) is 7.26. The molecule has 3 N–H and O–H groups in total. The van der Waals surface area contributed by atoms with Gasteiger partial charge >= 0.3 is 6.09 Å². The van der Waals surface area contributed by atoms with Crippen LogP contribution in [-0.4, -0.2) is 34.6 Å². The second kappa shape index (κ2) is 7.76. The summed E-state index contributed by atoms with van der Waals surface area (Å²) < 4.78 is 18.0. The topological polar surface area (TPSA) is 78.8 Å². The molecule has 1 aromatic rings. The van der Waals surface area contributed by atoms with Gasteiger partial charge < -0.3 is 20.3 Å². The number of aliphatic hydroxyl groups excluding tert-OH is 2. The predicted octanol–water partition coefficient (Wildman–Crippen LogP) is 2.79. The summed E-state index contributed by atoms with van der Waals surface area (Å²) in [5.41, 5.74) is -0.378. The fourth-order valence-corrected chi connectivity index (χ4v) is 2.02. The Morgan fingerprint density at radius 3 is 2.59 bits per heavy atom. The predicted molar refractivity (Wildman–Crippen MR) is 81.2 cm³/mol. The van der Waals surface area contributed by atoms with E-state index in [1.165, 1.54) is 6.07 Å². The van der Waals surface area contributed by atoms with Gasteiger partial charge in [-0.15, -0.1) is 0 Å². The van der Waals surface area contributed by atoms with Gasteiger partial charge in [-0.1, -0.05) is 17.7 Å². The molecule has 7 heteroatoms. The summed E-state index contributed by atoms with van der Waals surface area (Å²) in [5.74, 6) is -0.526. The zero-order chi connectivity index (χ0) is 16.9. The molecule has 0 saturated carbocycles. The summed E-state index contributed by atoms with van der Waals surface area (Å²) in [4.78, 5) is 11.4. The highest BCUT2D eigenvalue weighted by Crippen LogP contribution is 2.27. The Labute approximate surface area is 134 Å². The van der Waals surface area contributed by atoms with Crippen LogP contribution in [0.5, 0.6) is 0 Å². The third-order valence-corrected chi connectivity index (χ3v) is 3.08. The first-order chi connectivity index (χ1) is 10.1. The normalized spacial score (nSPS) is 14.3. The van der Waals surface area contributed by atoms with Crippen molar-refractivity contribution in [3.63, 3.8) is 0 Å². The molecule has 0 aliphatic rings. The molecule has 0 aromatic heterocycles. The number of hydrogen-bond acceptors (Lipinski definition) is 4. The van der Waals surface area contributed by atoms with Crippen LogP contribution in [0, 0.1) is 5.82 Å². The summed E-state index contributed by atoms with van der Waals surface area (Å²) in [6.45, 7) is 5.33. The molecule has 0 saturated heterocycles. The number of aliphatic hydroxyl groups is 2. The molecule has 0 spiro atoms. The highest BCUT2D eigenvalue weighted by atomic mass is 35.5. The van der Waals surface area contributed by atoms with Crippen LogP contribution in [0.25, 0.3) is 0 Å². The van der Waals surface area contributed by atoms with Crippen LogP contribution in [0.15, 0.2) is 18.2 Å². The van der Waals surface area contributed by atoms with Crippen molar-refractivity contribution in [3.05, 3.63) is 34.6 Å². The maximum Gasteiger partial charge on any atom is 0.407 e. The number of alkyl carbamates (subject to hydrolysis) is 1. The Bertz CT molecular complexity index is 519. The minimum absolute atomic E-state index is 0.0339. The Kier molecular flexibility index (Phi) is 6.59. The average molecular weight is 334 g/mol. The Balaban J connectivity index is 2.48. The number of rotatable bonds is 5. The number of ether oxygens (including phenoxy) is 1. The molecule has 124 valence electrons. The van der Waals surface area contributed by atoms with Crippen molar-refractivity contribution in [1.82, 2.24) is 5.32 Å². The van der Waals surface area contributed by atoms with E-state index in [1.54, 1.807) is 20.8 Å². The second-order valence-electron chi connectivity index (χ2n) is 5.90. The van der Waals surface area contributed by atoms with E-state index in [0.717, 1.165) is 12.1 Å². The van der Waals surface area contributed by atoms with Crippen LogP contribution in [0.1, 0.15) is 38.9 Å². The van der Waals surface area contributed by atoms with Crippen LogP contribution in [0.4, 0.5) is 9.18 Å². The molecule has 0 aliphatic heterocycles. The Hall–Kier alpha value is -1.37. The van der Waals surface area contributed by atoms with E-state index >= 15 is 0 Å². The van der Waals surface area contributed by atoms with Gasteiger partial charge in [-0.3, -0.25) is 0 Å². The fourth-order valence-electron chi connectivity index (χ4n) is 1.74. The van der Waals surface area contributed by atoms with Gasteiger partial charge in [0, 0.05) is 17.1 Å². The van der Waals surface area contributed by atoms with Crippen LogP contribution >= 0.6 is 11.6 Å². The summed E-state index contributed by atoms with van der Waals surface area (Å²) in [5, 5.41) is 22.4. The van der Waals surface area contributed by atoms with Gasteiger partial charge in [-0.25, -0.2) is 9.18 Å². The lowest BCUT2D eigenvalue weighted by Gasteiger charge is -2.21. The van der Waals surface area contributed by atoms with E-state index in [9.17, 15) is 19.4 Å². The largest absolute Gasteiger partial charge is 0.444 e. The van der Waals surface area contributed by atoms with Gasteiger partial charge in [-0.2, -0.15) is 0 Å². The van der Waals surface area contributed by atoms with Crippen molar-refractivity contribution in [2.45, 2.75) is 45.0 Å². The lowest BCUT2D eigenvalue weighted by atomic mass is 10.0. The molecule has 0 fully saturated rings. The van der Waals surface area contributed by atoms with Gasteiger partial charge in [0.15, 0.2) is 0 Å². The maximum atomic E-state index is 12.9. The molecule has 1 rings (SSSR count). The van der Waals surface area contributed by atoms with E-state index in [0.29, 0.717) is 0 Å². The molecule has 2 unspecified atom stereocenters. The number of halogens is 2. The number of amides is 1. The zero-order valence-electron chi connectivity index (χ0n) is 12.8. The van der Waals surface area contributed by atoms with Crippen molar-refractivity contribution in [1.29, 1.82) is 0 Å². The van der Waals surface area contributed by atoms with Gasteiger partial charge in [0.2, 0.25) is 0 Å². The highest BCUT2D eigenvalue weighted by Gasteiger charge is 2.22. The molecule has 0 bridgehead atoms. The van der Waals surface area contributed by atoms with E-state index in [4.69, 9.17) is 16.3 Å². The molecule has 1 aromatic carbocycles. The maximum absolute atomic E-state index is 12.9. The van der Waals surface area contributed by atoms with Crippen molar-refractivity contribution >= 4 is 17.7 Å². The first-order valence-electron chi connectivity index (χ1n) is 6.88. The quantitative estimate of drug-likeness (QED) is 0.774. The summed E-state index contributed by atoms with van der Waals surface area (Å²) in [6.07, 6.45) is -2.94. The molecule has 0 aliphatic carbocycles.